The van der Waals surface area contributed by atoms with Crippen molar-refractivity contribution in [3.05, 3.63) is 35.6 Å². The topological polar surface area (TPSA) is 58.6 Å². The highest BCUT2D eigenvalue weighted by atomic mass is 19.1. The quantitative estimate of drug-likeness (QED) is 0.760. The van der Waals surface area contributed by atoms with Crippen molar-refractivity contribution in [3.8, 4) is 0 Å². The van der Waals surface area contributed by atoms with Crippen LogP contribution in [0.15, 0.2) is 24.3 Å². The molecule has 0 saturated carbocycles. The summed E-state index contributed by atoms with van der Waals surface area (Å²) >= 11 is 0. The maximum absolute atomic E-state index is 12.9. The SMILES string of the molecule is COCC(O)CCNC(=O)Cc1cccc(F)c1. The predicted molar refractivity (Wildman–Crippen MR) is 65.6 cm³/mol. The molecule has 0 radical (unpaired) electrons. The van der Waals surface area contributed by atoms with E-state index in [-0.39, 0.29) is 24.8 Å². The van der Waals surface area contributed by atoms with Gasteiger partial charge in [-0.05, 0) is 24.1 Å². The second-order valence-corrected chi connectivity index (χ2v) is 4.05. The first-order chi connectivity index (χ1) is 8.61. The molecule has 1 aromatic carbocycles. The first-order valence-electron chi connectivity index (χ1n) is 5.80. The molecule has 1 aromatic rings. The molecule has 5 heteroatoms. The van der Waals surface area contributed by atoms with Crippen LogP contribution in [0.1, 0.15) is 12.0 Å². The van der Waals surface area contributed by atoms with E-state index in [2.05, 4.69) is 5.32 Å². The zero-order valence-electron chi connectivity index (χ0n) is 10.4. The van der Waals surface area contributed by atoms with Crippen LogP contribution in [-0.2, 0) is 16.0 Å². The average Bonchev–Trinajstić information content (AvgIpc) is 2.29. The van der Waals surface area contributed by atoms with Gasteiger partial charge in [-0.2, -0.15) is 0 Å². The summed E-state index contributed by atoms with van der Waals surface area (Å²) < 4.78 is 17.6. The molecular formula is C13H18FNO3. The van der Waals surface area contributed by atoms with Gasteiger partial charge < -0.3 is 15.2 Å². The summed E-state index contributed by atoms with van der Waals surface area (Å²) in [5.41, 5.74) is 0.630. The Hall–Kier alpha value is -1.46. The van der Waals surface area contributed by atoms with Gasteiger partial charge in [-0.25, -0.2) is 4.39 Å². The molecule has 0 saturated heterocycles. The Labute approximate surface area is 106 Å². The number of amides is 1. The minimum absolute atomic E-state index is 0.137. The molecule has 0 aliphatic rings. The van der Waals surface area contributed by atoms with Crippen molar-refractivity contribution in [1.29, 1.82) is 0 Å². The molecule has 0 fully saturated rings. The van der Waals surface area contributed by atoms with Crippen molar-refractivity contribution in [2.45, 2.75) is 18.9 Å². The number of benzene rings is 1. The number of methoxy groups -OCH3 is 1. The van der Waals surface area contributed by atoms with Gasteiger partial charge in [0.05, 0.1) is 19.1 Å². The third-order valence-corrected chi connectivity index (χ3v) is 2.41. The molecule has 100 valence electrons. The second kappa shape index (κ2) is 7.79. The molecule has 2 N–H and O–H groups in total. The van der Waals surface area contributed by atoms with Gasteiger partial charge in [-0.15, -0.1) is 0 Å². The molecule has 0 heterocycles. The highest BCUT2D eigenvalue weighted by Crippen LogP contribution is 2.04. The lowest BCUT2D eigenvalue weighted by atomic mass is 10.1. The summed E-state index contributed by atoms with van der Waals surface area (Å²) in [6.07, 6.45) is -0.00889. The Balaban J connectivity index is 2.25. The number of hydrogen-bond donors (Lipinski definition) is 2. The molecular weight excluding hydrogens is 237 g/mol. The minimum atomic E-state index is -0.579. The van der Waals surface area contributed by atoms with E-state index >= 15 is 0 Å². The van der Waals surface area contributed by atoms with Crippen LogP contribution in [0.3, 0.4) is 0 Å². The van der Waals surface area contributed by atoms with Crippen molar-refractivity contribution in [3.63, 3.8) is 0 Å². The van der Waals surface area contributed by atoms with E-state index in [1.807, 2.05) is 0 Å². The van der Waals surface area contributed by atoms with Crippen molar-refractivity contribution >= 4 is 5.91 Å². The smallest absolute Gasteiger partial charge is 0.224 e. The summed E-state index contributed by atoms with van der Waals surface area (Å²) in [5.74, 6) is -0.541. The largest absolute Gasteiger partial charge is 0.391 e. The lowest BCUT2D eigenvalue weighted by molar-refractivity contribution is -0.120. The maximum atomic E-state index is 12.9. The third kappa shape index (κ3) is 5.75. The van der Waals surface area contributed by atoms with E-state index in [0.29, 0.717) is 18.5 Å². The molecule has 0 aliphatic carbocycles. The van der Waals surface area contributed by atoms with Crippen LogP contribution >= 0.6 is 0 Å². The summed E-state index contributed by atoms with van der Waals surface area (Å²) in [5, 5.41) is 12.0. The Morgan fingerprint density at radius 2 is 2.33 bits per heavy atom. The van der Waals surface area contributed by atoms with Gasteiger partial charge in [-0.1, -0.05) is 12.1 Å². The standard InChI is InChI=1S/C13H18FNO3/c1-18-9-12(16)5-6-15-13(17)8-10-3-2-4-11(14)7-10/h2-4,7,12,16H,5-6,8-9H2,1H3,(H,15,17). The maximum Gasteiger partial charge on any atom is 0.224 e. The van der Waals surface area contributed by atoms with Gasteiger partial charge in [0.15, 0.2) is 0 Å². The normalized spacial score (nSPS) is 12.2. The Morgan fingerprint density at radius 3 is 3.00 bits per heavy atom. The van der Waals surface area contributed by atoms with Gasteiger partial charge >= 0.3 is 0 Å². The summed E-state index contributed by atoms with van der Waals surface area (Å²) in [4.78, 5) is 11.5. The van der Waals surface area contributed by atoms with Gasteiger partial charge in [0, 0.05) is 13.7 Å². The van der Waals surface area contributed by atoms with Gasteiger partial charge in [0.25, 0.3) is 0 Å². The summed E-state index contributed by atoms with van der Waals surface area (Å²) in [7, 11) is 1.51. The lowest BCUT2D eigenvalue weighted by Crippen LogP contribution is -2.29. The molecule has 0 spiro atoms. The first-order valence-corrected chi connectivity index (χ1v) is 5.80. The van der Waals surface area contributed by atoms with Gasteiger partial charge in [0.2, 0.25) is 5.91 Å². The molecule has 0 aliphatic heterocycles. The second-order valence-electron chi connectivity index (χ2n) is 4.05. The Morgan fingerprint density at radius 1 is 1.56 bits per heavy atom. The third-order valence-electron chi connectivity index (χ3n) is 2.41. The highest BCUT2D eigenvalue weighted by Gasteiger charge is 2.06. The highest BCUT2D eigenvalue weighted by molar-refractivity contribution is 5.78. The number of rotatable bonds is 7. The van der Waals surface area contributed by atoms with Crippen molar-refractivity contribution in [2.75, 3.05) is 20.3 Å². The number of aliphatic hydroxyl groups excluding tert-OH is 1. The fourth-order valence-corrected chi connectivity index (χ4v) is 1.55. The van der Waals surface area contributed by atoms with Gasteiger partial charge in [-0.3, -0.25) is 4.79 Å². The van der Waals surface area contributed by atoms with Crippen LogP contribution in [0.2, 0.25) is 0 Å². The molecule has 0 aromatic heterocycles. The molecule has 1 amide bonds. The van der Waals surface area contributed by atoms with Crippen LogP contribution < -0.4 is 5.32 Å². The average molecular weight is 255 g/mol. The fraction of sp³-hybridized carbons (Fsp3) is 0.462. The molecule has 1 atom stereocenters. The van der Waals surface area contributed by atoms with E-state index in [0.717, 1.165) is 0 Å². The first kappa shape index (κ1) is 14.6. The summed E-state index contributed by atoms with van der Waals surface area (Å²) in [6.45, 7) is 0.623. The van der Waals surface area contributed by atoms with Crippen LogP contribution in [-0.4, -0.2) is 37.4 Å². The number of carbonyl (C=O) groups is 1. The minimum Gasteiger partial charge on any atom is -0.391 e. The van der Waals surface area contributed by atoms with E-state index in [1.54, 1.807) is 12.1 Å². The van der Waals surface area contributed by atoms with Crippen LogP contribution in [0, 0.1) is 5.82 Å². The molecule has 1 rings (SSSR count). The zero-order chi connectivity index (χ0) is 13.4. The summed E-state index contributed by atoms with van der Waals surface area (Å²) in [6, 6.07) is 5.94. The van der Waals surface area contributed by atoms with Crippen LogP contribution in [0.4, 0.5) is 4.39 Å². The van der Waals surface area contributed by atoms with E-state index in [4.69, 9.17) is 4.74 Å². The Bertz CT molecular complexity index is 384. The van der Waals surface area contributed by atoms with Gasteiger partial charge in [0.1, 0.15) is 5.82 Å². The van der Waals surface area contributed by atoms with Crippen LogP contribution in [0.5, 0.6) is 0 Å². The molecule has 18 heavy (non-hydrogen) atoms. The van der Waals surface area contributed by atoms with E-state index in [9.17, 15) is 14.3 Å². The number of aliphatic hydroxyl groups is 1. The predicted octanol–water partition coefficient (Wildman–Crippen LogP) is 0.882. The molecule has 0 bridgehead atoms. The van der Waals surface area contributed by atoms with E-state index in [1.165, 1.54) is 19.2 Å². The molecule has 1 unspecified atom stereocenters. The zero-order valence-corrected chi connectivity index (χ0v) is 10.4. The molecule has 4 nitrogen and oxygen atoms in total. The number of ether oxygens (including phenoxy) is 1. The Kier molecular flexibility index (Phi) is 6.32. The van der Waals surface area contributed by atoms with E-state index < -0.39 is 6.10 Å². The van der Waals surface area contributed by atoms with Crippen molar-refractivity contribution < 1.29 is 19.0 Å². The van der Waals surface area contributed by atoms with Crippen molar-refractivity contribution in [2.24, 2.45) is 0 Å². The fourth-order valence-electron chi connectivity index (χ4n) is 1.55. The number of halogens is 1. The number of hydrogen-bond acceptors (Lipinski definition) is 3. The number of nitrogens with one attached hydrogen (secondary N) is 1. The monoisotopic (exact) mass is 255 g/mol. The lowest BCUT2D eigenvalue weighted by Gasteiger charge is -2.10. The number of carbonyl (C=O) groups excluding carboxylic acids is 1. The van der Waals surface area contributed by atoms with Crippen LogP contribution in [0.25, 0.3) is 0 Å². The van der Waals surface area contributed by atoms with Crippen molar-refractivity contribution in [1.82, 2.24) is 5.32 Å².